The zero-order valence-corrected chi connectivity index (χ0v) is 18.4. The molecule has 0 spiro atoms. The first-order valence-corrected chi connectivity index (χ1v) is 11.1. The van der Waals surface area contributed by atoms with E-state index in [-0.39, 0.29) is 11.9 Å². The Labute approximate surface area is 185 Å². The van der Waals surface area contributed by atoms with Gasteiger partial charge in [-0.15, -0.1) is 11.3 Å². The molecular formula is C24H25N3O3S. The lowest BCUT2D eigenvalue weighted by atomic mass is 10.2. The summed E-state index contributed by atoms with van der Waals surface area (Å²) in [5.41, 5.74) is 1.97. The van der Waals surface area contributed by atoms with Crippen LogP contribution in [0.3, 0.4) is 0 Å². The van der Waals surface area contributed by atoms with Crippen molar-refractivity contribution in [3.63, 3.8) is 0 Å². The van der Waals surface area contributed by atoms with E-state index in [9.17, 15) is 4.79 Å². The molecule has 0 saturated heterocycles. The minimum atomic E-state index is -0.225. The number of amides is 1. The molecule has 0 aliphatic carbocycles. The predicted octanol–water partition coefficient (Wildman–Crippen LogP) is 5.07. The fraction of sp³-hybridized carbons (Fsp3) is 0.250. The molecule has 0 radical (unpaired) electrons. The SMILES string of the molecule is COc1ccccc1OCCCn1c(C(C)NC(=O)c2cccs2)nc2ccccc21. The van der Waals surface area contributed by atoms with Gasteiger partial charge in [-0.3, -0.25) is 4.79 Å². The average molecular weight is 436 g/mol. The van der Waals surface area contributed by atoms with Crippen molar-refractivity contribution in [3.05, 3.63) is 76.7 Å². The molecule has 0 aliphatic rings. The number of aromatic nitrogens is 2. The molecule has 0 aliphatic heterocycles. The number of benzene rings is 2. The van der Waals surface area contributed by atoms with Crippen LogP contribution in [0.1, 0.15) is 34.9 Å². The van der Waals surface area contributed by atoms with E-state index in [1.165, 1.54) is 11.3 Å². The average Bonchev–Trinajstić information content (AvgIpc) is 3.45. The van der Waals surface area contributed by atoms with Gasteiger partial charge in [-0.2, -0.15) is 0 Å². The van der Waals surface area contributed by atoms with E-state index in [4.69, 9.17) is 14.5 Å². The number of imidazole rings is 1. The highest BCUT2D eigenvalue weighted by Gasteiger charge is 2.19. The number of carbonyl (C=O) groups excluding carboxylic acids is 1. The fourth-order valence-corrected chi connectivity index (χ4v) is 4.17. The molecule has 0 saturated carbocycles. The van der Waals surface area contributed by atoms with Crippen molar-refractivity contribution in [2.24, 2.45) is 0 Å². The Kier molecular flexibility index (Phi) is 6.52. The third kappa shape index (κ3) is 4.72. The zero-order chi connectivity index (χ0) is 21.6. The number of nitrogens with zero attached hydrogens (tertiary/aromatic N) is 2. The summed E-state index contributed by atoms with van der Waals surface area (Å²) < 4.78 is 13.4. The molecule has 2 aromatic heterocycles. The predicted molar refractivity (Wildman–Crippen MR) is 123 cm³/mol. The molecule has 1 N–H and O–H groups in total. The van der Waals surface area contributed by atoms with Crippen LogP contribution in [-0.2, 0) is 6.54 Å². The van der Waals surface area contributed by atoms with Crippen LogP contribution < -0.4 is 14.8 Å². The number of nitrogens with one attached hydrogen (secondary N) is 1. The lowest BCUT2D eigenvalue weighted by Crippen LogP contribution is -2.28. The van der Waals surface area contributed by atoms with Gasteiger partial charge in [0.1, 0.15) is 5.82 Å². The smallest absolute Gasteiger partial charge is 0.261 e. The number of aryl methyl sites for hydroxylation is 1. The zero-order valence-electron chi connectivity index (χ0n) is 17.6. The van der Waals surface area contributed by atoms with Gasteiger partial charge in [0, 0.05) is 6.54 Å². The van der Waals surface area contributed by atoms with Crippen LogP contribution >= 0.6 is 11.3 Å². The highest BCUT2D eigenvalue weighted by atomic mass is 32.1. The molecule has 1 unspecified atom stereocenters. The molecule has 7 heteroatoms. The van der Waals surface area contributed by atoms with Crippen LogP contribution in [0, 0.1) is 0 Å². The van der Waals surface area contributed by atoms with Gasteiger partial charge < -0.3 is 19.4 Å². The number of rotatable bonds is 9. The van der Waals surface area contributed by atoms with E-state index >= 15 is 0 Å². The molecule has 0 bridgehead atoms. The first-order chi connectivity index (χ1) is 15.2. The van der Waals surface area contributed by atoms with Crippen molar-refractivity contribution < 1.29 is 14.3 Å². The van der Waals surface area contributed by atoms with E-state index in [2.05, 4.69) is 16.0 Å². The van der Waals surface area contributed by atoms with E-state index in [1.807, 2.05) is 66.9 Å². The first-order valence-electron chi connectivity index (χ1n) is 10.2. The summed E-state index contributed by atoms with van der Waals surface area (Å²) in [4.78, 5) is 18.0. The molecule has 1 amide bonds. The minimum absolute atomic E-state index is 0.0828. The summed E-state index contributed by atoms with van der Waals surface area (Å²) in [5, 5.41) is 4.97. The molecule has 6 nitrogen and oxygen atoms in total. The molecule has 0 fully saturated rings. The minimum Gasteiger partial charge on any atom is -0.493 e. The Morgan fingerprint density at radius 2 is 1.87 bits per heavy atom. The fourth-order valence-electron chi connectivity index (χ4n) is 3.54. The van der Waals surface area contributed by atoms with Gasteiger partial charge in [-0.25, -0.2) is 4.98 Å². The quantitative estimate of drug-likeness (QED) is 0.373. The second kappa shape index (κ2) is 9.66. The van der Waals surface area contributed by atoms with Crippen molar-refractivity contribution >= 4 is 28.3 Å². The van der Waals surface area contributed by atoms with Crippen LogP contribution in [0.2, 0.25) is 0 Å². The molecule has 2 heterocycles. The highest BCUT2D eigenvalue weighted by Crippen LogP contribution is 2.26. The number of fused-ring (bicyclic) bond motifs is 1. The second-order valence-corrected chi connectivity index (χ2v) is 8.08. The summed E-state index contributed by atoms with van der Waals surface area (Å²) in [7, 11) is 1.64. The Morgan fingerprint density at radius 1 is 1.10 bits per heavy atom. The number of hydrogen-bond donors (Lipinski definition) is 1. The third-order valence-electron chi connectivity index (χ3n) is 5.02. The Balaban J connectivity index is 1.48. The van der Waals surface area contributed by atoms with Crippen molar-refractivity contribution in [2.75, 3.05) is 13.7 Å². The number of thiophene rings is 1. The van der Waals surface area contributed by atoms with Crippen LogP contribution in [-0.4, -0.2) is 29.2 Å². The number of para-hydroxylation sites is 4. The van der Waals surface area contributed by atoms with Crippen LogP contribution in [0.5, 0.6) is 11.5 Å². The maximum Gasteiger partial charge on any atom is 0.261 e. The van der Waals surface area contributed by atoms with Crippen LogP contribution in [0.25, 0.3) is 11.0 Å². The van der Waals surface area contributed by atoms with Crippen molar-refractivity contribution in [1.82, 2.24) is 14.9 Å². The van der Waals surface area contributed by atoms with Gasteiger partial charge in [0.25, 0.3) is 5.91 Å². The maximum atomic E-state index is 12.5. The van der Waals surface area contributed by atoms with E-state index in [1.54, 1.807) is 7.11 Å². The van der Waals surface area contributed by atoms with Gasteiger partial charge in [-0.1, -0.05) is 30.3 Å². The van der Waals surface area contributed by atoms with Gasteiger partial charge >= 0.3 is 0 Å². The van der Waals surface area contributed by atoms with Crippen molar-refractivity contribution in [2.45, 2.75) is 25.9 Å². The standard InChI is InChI=1S/C24H25N3O3S/c1-17(25-24(28)22-13-7-16-31-22)23-26-18-9-3-4-10-19(18)27(23)14-8-15-30-21-12-6-5-11-20(21)29-2/h3-7,9-13,16-17H,8,14-15H2,1-2H3,(H,25,28). The lowest BCUT2D eigenvalue weighted by Gasteiger charge is -2.16. The van der Waals surface area contributed by atoms with Crippen LogP contribution in [0.4, 0.5) is 0 Å². The summed E-state index contributed by atoms with van der Waals surface area (Å²) in [6.07, 6.45) is 0.789. The summed E-state index contributed by atoms with van der Waals surface area (Å²) in [5.74, 6) is 2.21. The van der Waals surface area contributed by atoms with Gasteiger partial charge in [0.05, 0.1) is 35.7 Å². The van der Waals surface area contributed by atoms with Crippen molar-refractivity contribution in [3.8, 4) is 11.5 Å². The normalized spacial score (nSPS) is 11.9. The largest absolute Gasteiger partial charge is 0.493 e. The lowest BCUT2D eigenvalue weighted by molar-refractivity contribution is 0.0941. The van der Waals surface area contributed by atoms with Crippen molar-refractivity contribution in [1.29, 1.82) is 0 Å². The number of hydrogen-bond acceptors (Lipinski definition) is 5. The monoisotopic (exact) mass is 435 g/mol. The van der Waals surface area contributed by atoms with E-state index in [0.717, 1.165) is 41.3 Å². The highest BCUT2D eigenvalue weighted by molar-refractivity contribution is 7.12. The maximum absolute atomic E-state index is 12.5. The Hall–Kier alpha value is -3.32. The van der Waals surface area contributed by atoms with Crippen LogP contribution in [0.15, 0.2) is 66.0 Å². The summed E-state index contributed by atoms with van der Waals surface area (Å²) in [6.45, 7) is 3.24. The topological polar surface area (TPSA) is 65.4 Å². The molecule has 160 valence electrons. The molecule has 2 aromatic carbocycles. The third-order valence-corrected chi connectivity index (χ3v) is 5.89. The number of carbonyl (C=O) groups is 1. The summed E-state index contributed by atoms with van der Waals surface area (Å²) in [6, 6.07) is 19.1. The molecule has 4 aromatic rings. The van der Waals surface area contributed by atoms with E-state index < -0.39 is 0 Å². The van der Waals surface area contributed by atoms with Gasteiger partial charge in [-0.05, 0) is 49.1 Å². The molecular weight excluding hydrogens is 410 g/mol. The van der Waals surface area contributed by atoms with Gasteiger partial charge in [0.15, 0.2) is 11.5 Å². The first kappa shape index (κ1) is 20.9. The number of ether oxygens (including phenoxy) is 2. The number of methoxy groups -OCH3 is 1. The Bertz CT molecular complexity index is 1150. The Morgan fingerprint density at radius 3 is 2.65 bits per heavy atom. The van der Waals surface area contributed by atoms with Gasteiger partial charge in [0.2, 0.25) is 0 Å². The molecule has 1 atom stereocenters. The summed E-state index contributed by atoms with van der Waals surface area (Å²) >= 11 is 1.43. The molecule has 31 heavy (non-hydrogen) atoms. The second-order valence-electron chi connectivity index (χ2n) is 7.14. The van der Waals surface area contributed by atoms with E-state index in [0.29, 0.717) is 11.5 Å². The molecule has 4 rings (SSSR count).